The Bertz CT molecular complexity index is 5000. The lowest BCUT2D eigenvalue weighted by Crippen LogP contribution is -2.11. The molecule has 0 aliphatic heterocycles. The van der Waals surface area contributed by atoms with Crippen LogP contribution >= 0.6 is 0 Å². The third-order valence-electron chi connectivity index (χ3n) is 17.9. The van der Waals surface area contributed by atoms with Gasteiger partial charge in [-0.1, -0.05) is 114 Å². The van der Waals surface area contributed by atoms with Gasteiger partial charge in [-0.15, -0.1) is 13.2 Å². The van der Waals surface area contributed by atoms with Gasteiger partial charge in [0, 0.05) is 71.2 Å². The van der Waals surface area contributed by atoms with E-state index in [0.717, 1.165) is 11.1 Å². The van der Waals surface area contributed by atoms with Gasteiger partial charge in [-0.25, -0.2) is 0 Å². The first-order chi connectivity index (χ1) is 52.0. The maximum Gasteiger partial charge on any atom is 0.196 e. The van der Waals surface area contributed by atoms with Crippen LogP contribution in [0, 0.1) is 69.2 Å². The Morgan fingerprint density at radius 1 is 0.400 bits per heavy atom. The second-order valence-electron chi connectivity index (χ2n) is 25.2. The SMILES string of the molecule is C/C=C/c1c(C)c(C(=O)CC)c(O)c(/C=C/C)c1O.C/C=C/c1c(O)c(/C=C/C)c2oc(C)c(C)c(=O)c2c1C.C=CCOc1cc(C)c(C(=O)CC)c(OCC=C)c1.C=CCc1c(C)c(C(=O)CC)c(O)c(CC=C)c1O.CCC(=O)c1c(C)cc(O)cc1O.Cc1oc2c(C=O)c(O)c(C=O)c(C)c2c(=O)c1C. The largest absolute Gasteiger partial charge is 0.508 e. The lowest BCUT2D eigenvalue weighted by Gasteiger charge is -2.17. The van der Waals surface area contributed by atoms with Crippen molar-refractivity contribution in [3.63, 3.8) is 0 Å². The third-order valence-corrected chi connectivity index (χ3v) is 17.9. The number of ether oxygens (including phenoxy) is 2. The van der Waals surface area contributed by atoms with Crippen molar-refractivity contribution in [2.24, 2.45) is 0 Å². The van der Waals surface area contributed by atoms with E-state index in [2.05, 4.69) is 26.3 Å². The minimum atomic E-state index is -0.457. The molecule has 0 radical (unpaired) electrons. The summed E-state index contributed by atoms with van der Waals surface area (Å²) in [7, 11) is 0. The highest BCUT2D eigenvalue weighted by atomic mass is 16.5. The van der Waals surface area contributed by atoms with Crippen molar-refractivity contribution in [3.05, 3.63) is 242 Å². The summed E-state index contributed by atoms with van der Waals surface area (Å²) in [6, 6.07) is 6.22. The van der Waals surface area contributed by atoms with Crippen molar-refractivity contribution in [1.29, 1.82) is 0 Å². The van der Waals surface area contributed by atoms with Crippen LogP contribution in [0.3, 0.4) is 0 Å². The Morgan fingerprint density at radius 2 is 0.791 bits per heavy atom. The minimum absolute atomic E-state index is 0.00106. The van der Waals surface area contributed by atoms with Crippen molar-refractivity contribution >= 4 is 81.9 Å². The average molecular weight is 1510 g/mol. The molecule has 0 aliphatic carbocycles. The van der Waals surface area contributed by atoms with Gasteiger partial charge in [0.05, 0.1) is 49.7 Å². The van der Waals surface area contributed by atoms with Crippen LogP contribution in [0.25, 0.3) is 46.2 Å². The molecule has 8 rings (SSSR count). The number of carbonyl (C=O) groups is 6. The molecule has 0 amide bonds. The number of hydrogen-bond acceptors (Lipinski definition) is 20. The highest BCUT2D eigenvalue weighted by Gasteiger charge is 2.27. The highest BCUT2D eigenvalue weighted by molar-refractivity contribution is 6.06. The minimum Gasteiger partial charge on any atom is -0.508 e. The molecule has 0 saturated heterocycles. The van der Waals surface area contributed by atoms with E-state index >= 15 is 0 Å². The van der Waals surface area contributed by atoms with Gasteiger partial charge < -0.3 is 59.2 Å². The standard InChI is InChI=1S/C18H20O3.3C16H20O3.C14H12O5.C10H12O3/c1-6-8-13-11(4)15-16(19)10(3)12(5)21-18(15)14(9-7-2)17(13)20;1-5-8-18-13-10-12(4)16(14(17)7-3)15(11-13)19-9-6-2;2*1-5-8-11-10(4)14(13(17)7-3)16(19)12(9-6-2)15(11)18;1-6-8(3)19-14-10(5-16)13(18)9(4-15)7(2)11(14)12(6)17;1-3-8(12)10-6(2)4-7(11)5-9(10)13/h6-9,20H,1-5H3;5-6,10-11H,1-2,7-9H2,3-4H3;5-6,8-9,18-19H,7H2,1-4H3;5-6,18-19H,1-2,7-9H2,3-4H3;4-5,18H,1-3H3;4-5,11,13H,3H2,1-2H3/b8-6+,9-7+;;8-5+,9-6+;;;. The number of aromatic hydroxyl groups is 8. The van der Waals surface area contributed by atoms with Gasteiger partial charge in [0.25, 0.3) is 0 Å². The zero-order valence-corrected chi connectivity index (χ0v) is 66.4. The molecule has 2 heterocycles. The third kappa shape index (κ3) is 21.1. The van der Waals surface area contributed by atoms with Crippen LogP contribution in [-0.2, 0) is 12.8 Å². The fourth-order valence-corrected chi connectivity index (χ4v) is 11.9. The van der Waals surface area contributed by atoms with E-state index in [1.54, 1.807) is 137 Å². The normalized spacial score (nSPS) is 10.8. The van der Waals surface area contributed by atoms with E-state index in [9.17, 15) is 74.1 Å². The van der Waals surface area contributed by atoms with E-state index in [1.807, 2.05) is 65.8 Å². The number of phenolic OH excluding ortho intramolecular Hbond substituents is 8. The zero-order valence-electron chi connectivity index (χ0n) is 66.4. The first kappa shape index (κ1) is 91.9. The predicted molar refractivity (Wildman–Crippen MR) is 439 cm³/mol. The summed E-state index contributed by atoms with van der Waals surface area (Å²) in [4.78, 5) is 94.2. The zero-order chi connectivity index (χ0) is 83.5. The van der Waals surface area contributed by atoms with Crippen molar-refractivity contribution in [2.75, 3.05) is 13.2 Å². The van der Waals surface area contributed by atoms with Crippen LogP contribution in [0.4, 0.5) is 0 Å². The summed E-state index contributed by atoms with van der Waals surface area (Å²) in [5, 5.41) is 80.5. The number of aryl methyl sites for hydroxylation is 6. The van der Waals surface area contributed by atoms with Gasteiger partial charge in [-0.2, -0.15) is 0 Å². The molecule has 20 heteroatoms. The van der Waals surface area contributed by atoms with E-state index in [1.165, 1.54) is 19.1 Å². The fourth-order valence-electron chi connectivity index (χ4n) is 11.9. The average Bonchev–Trinajstić information content (AvgIpc) is 0.725. The van der Waals surface area contributed by atoms with E-state index < -0.39 is 5.75 Å². The monoisotopic (exact) mass is 1500 g/mol. The molecule has 0 spiro atoms. The van der Waals surface area contributed by atoms with Gasteiger partial charge in [-0.3, -0.25) is 38.4 Å². The molecule has 0 saturated carbocycles. The maximum atomic E-state index is 12.6. The molecular weight excluding hydrogens is 1400 g/mol. The molecule has 584 valence electrons. The molecule has 0 unspecified atom stereocenters. The Kier molecular flexibility index (Phi) is 35.8. The van der Waals surface area contributed by atoms with Crippen LogP contribution in [0.1, 0.15) is 233 Å². The highest BCUT2D eigenvalue weighted by Crippen LogP contribution is 2.43. The molecule has 2 aromatic heterocycles. The topological polar surface area (TPSA) is 343 Å². The molecule has 0 bridgehead atoms. The van der Waals surface area contributed by atoms with Gasteiger partial charge in [0.1, 0.15) is 93.4 Å². The summed E-state index contributed by atoms with van der Waals surface area (Å²) < 4.78 is 22.3. The Morgan fingerprint density at radius 3 is 1.25 bits per heavy atom. The summed E-state index contributed by atoms with van der Waals surface area (Å²) in [5.41, 5.74) is 9.22. The van der Waals surface area contributed by atoms with Crippen molar-refractivity contribution in [1.82, 2.24) is 0 Å². The Balaban J connectivity index is 0.000000344. The molecule has 0 atom stereocenters. The number of rotatable bonds is 24. The quantitative estimate of drug-likeness (QED) is 0.0158. The number of allylic oxidation sites excluding steroid dienone is 6. The van der Waals surface area contributed by atoms with Gasteiger partial charge in [0.2, 0.25) is 0 Å². The number of Topliss-reactive ketones (excluding diaryl/α,β-unsaturated/α-hetero) is 4. The summed E-state index contributed by atoms with van der Waals surface area (Å²) >= 11 is 0. The van der Waals surface area contributed by atoms with Crippen molar-refractivity contribution in [2.45, 2.75) is 163 Å². The molecule has 6 aromatic carbocycles. The van der Waals surface area contributed by atoms with Crippen molar-refractivity contribution < 1.29 is 87.9 Å². The molecule has 8 aromatic rings. The molecule has 0 aliphatic rings. The smallest absolute Gasteiger partial charge is 0.196 e. The van der Waals surface area contributed by atoms with Crippen LogP contribution in [0.2, 0.25) is 0 Å². The first-order valence-corrected chi connectivity index (χ1v) is 35.7. The predicted octanol–water partition coefficient (Wildman–Crippen LogP) is 19.8. The summed E-state index contributed by atoms with van der Waals surface area (Å²) in [6.45, 7) is 46.8. The molecule has 0 fully saturated rings. The summed E-state index contributed by atoms with van der Waals surface area (Å²) in [6.07, 6.45) is 23.6. The Labute approximate surface area is 643 Å². The molecular formula is C90H104O20. The van der Waals surface area contributed by atoms with Crippen molar-refractivity contribution in [3.8, 4) is 57.5 Å². The number of ketones is 4. The number of hydrogen-bond donors (Lipinski definition) is 8. The van der Waals surface area contributed by atoms with E-state index in [-0.39, 0.29) is 102 Å². The number of aldehydes is 2. The fraction of sp³-hybridized carbons (Fsp3) is 0.289. The van der Waals surface area contributed by atoms with Crippen LogP contribution in [-0.4, -0.2) is 89.8 Å². The lowest BCUT2D eigenvalue weighted by atomic mass is 9.90. The van der Waals surface area contributed by atoms with Crippen LogP contribution in [0.15, 0.2) is 118 Å². The second-order valence-corrected chi connectivity index (χ2v) is 25.2. The maximum absolute atomic E-state index is 12.6. The first-order valence-electron chi connectivity index (χ1n) is 35.7. The van der Waals surface area contributed by atoms with Gasteiger partial charge in [-0.05, 0) is 155 Å². The molecule has 20 nitrogen and oxygen atoms in total. The van der Waals surface area contributed by atoms with Gasteiger partial charge >= 0.3 is 0 Å². The lowest BCUT2D eigenvalue weighted by molar-refractivity contribution is 0.0975. The van der Waals surface area contributed by atoms with E-state index in [4.69, 9.17) is 23.4 Å². The van der Waals surface area contributed by atoms with E-state index in [0.29, 0.717) is 182 Å². The number of phenols is 8. The number of benzene rings is 6. The molecule has 110 heavy (non-hydrogen) atoms. The number of carbonyl (C=O) groups excluding carboxylic acids is 6. The van der Waals surface area contributed by atoms with Crippen LogP contribution < -0.4 is 20.3 Å². The number of fused-ring (bicyclic) bond motifs is 2. The molecule has 8 N–H and O–H groups in total. The second kappa shape index (κ2) is 42.9. The summed E-state index contributed by atoms with van der Waals surface area (Å²) in [5.74, 6) is 1.11. The van der Waals surface area contributed by atoms with Crippen LogP contribution in [0.5, 0.6) is 57.5 Å². The van der Waals surface area contributed by atoms with Gasteiger partial charge in [0.15, 0.2) is 52.1 Å². The Hall–Kier alpha value is -12.3.